The van der Waals surface area contributed by atoms with Gasteiger partial charge in [0.25, 0.3) is 0 Å². The lowest BCUT2D eigenvalue weighted by Gasteiger charge is -2.41. The van der Waals surface area contributed by atoms with Crippen molar-refractivity contribution in [1.29, 1.82) is 0 Å². The number of piperazine rings is 1. The highest BCUT2D eigenvalue weighted by atomic mass is 35.5. The van der Waals surface area contributed by atoms with Crippen molar-refractivity contribution in [2.45, 2.75) is 43.8 Å². The van der Waals surface area contributed by atoms with Crippen molar-refractivity contribution < 1.29 is 22.8 Å². The van der Waals surface area contributed by atoms with Crippen LogP contribution in [-0.4, -0.2) is 80.7 Å². The van der Waals surface area contributed by atoms with Gasteiger partial charge in [0, 0.05) is 50.8 Å². The fraction of sp³-hybridized carbons (Fsp3) is 0.444. The normalized spacial score (nSPS) is 18.1. The van der Waals surface area contributed by atoms with Crippen LogP contribution in [0.4, 0.5) is 0 Å². The molecule has 4 rings (SSSR count). The number of hydrogen-bond acceptors (Lipinski definition) is 7. The summed E-state index contributed by atoms with van der Waals surface area (Å²) in [5.74, 6) is -1.63. The van der Waals surface area contributed by atoms with E-state index in [4.69, 9.17) is 17.3 Å². The number of nitrogens with two attached hydrogens (primary N) is 1. The van der Waals surface area contributed by atoms with Crippen molar-refractivity contribution in [3.8, 4) is 0 Å². The van der Waals surface area contributed by atoms with Crippen LogP contribution >= 0.6 is 11.6 Å². The molecule has 11 nitrogen and oxygen atoms in total. The first-order chi connectivity index (χ1) is 19.2. The minimum atomic E-state index is -3.97. The van der Waals surface area contributed by atoms with E-state index in [2.05, 4.69) is 15.4 Å². The molecule has 216 valence electrons. The minimum absolute atomic E-state index is 0.180. The van der Waals surface area contributed by atoms with Gasteiger partial charge in [-0.05, 0) is 35.2 Å². The fourth-order valence-corrected chi connectivity index (χ4v) is 6.36. The summed E-state index contributed by atoms with van der Waals surface area (Å²) in [6.07, 6.45) is 0.0894. The van der Waals surface area contributed by atoms with Crippen LogP contribution in [0.25, 0.3) is 0 Å². The van der Waals surface area contributed by atoms with Gasteiger partial charge in [0.15, 0.2) is 0 Å². The van der Waals surface area contributed by atoms with E-state index >= 15 is 0 Å². The van der Waals surface area contributed by atoms with E-state index in [9.17, 15) is 22.8 Å². The fourth-order valence-electron chi connectivity index (χ4n) is 4.83. The monoisotopic (exact) mass is 590 g/mol. The van der Waals surface area contributed by atoms with E-state index in [0.717, 1.165) is 11.1 Å². The average Bonchev–Trinajstić information content (AvgIpc) is 2.91. The molecule has 2 heterocycles. The predicted molar refractivity (Wildman–Crippen MR) is 151 cm³/mol. The quantitative estimate of drug-likeness (QED) is 0.294. The standard InChI is InChI=1S/C27H35ClN6O5S/c28-22-7-6-20(16-29)21(14-22)17-31-26(36)24-8-11-34(24)27(37)23(15-25(35)33-12-9-30-10-13-33)32-40(38,39)18-19-4-2-1-3-5-19/h1-7,14,23-24,30,32H,8-13,15-18,29H2,(H,31,36)/t23-,24+/m1/s1. The maximum atomic E-state index is 13.6. The van der Waals surface area contributed by atoms with E-state index < -0.39 is 28.0 Å². The number of carbonyl (C=O) groups excluding carboxylic acids is 3. The van der Waals surface area contributed by atoms with Crippen molar-refractivity contribution in [2.24, 2.45) is 5.73 Å². The van der Waals surface area contributed by atoms with Crippen LogP contribution in [0.5, 0.6) is 0 Å². The predicted octanol–water partition coefficient (Wildman–Crippen LogP) is 0.326. The van der Waals surface area contributed by atoms with E-state index in [1.54, 1.807) is 53.4 Å². The van der Waals surface area contributed by atoms with Gasteiger partial charge in [-0.1, -0.05) is 48.0 Å². The van der Waals surface area contributed by atoms with Crippen LogP contribution in [0.1, 0.15) is 29.5 Å². The number of nitrogens with one attached hydrogen (secondary N) is 3. The smallest absolute Gasteiger partial charge is 0.243 e. The SMILES string of the molecule is NCc1ccc(Cl)cc1CNC(=O)[C@@H]1CCN1C(=O)[C@@H](CC(=O)N1CCNCC1)NS(=O)(=O)Cc1ccccc1. The summed E-state index contributed by atoms with van der Waals surface area (Å²) in [6.45, 7) is 2.93. The van der Waals surface area contributed by atoms with Gasteiger partial charge in [-0.2, -0.15) is 0 Å². The van der Waals surface area contributed by atoms with Gasteiger partial charge >= 0.3 is 0 Å². The van der Waals surface area contributed by atoms with Gasteiger partial charge in [-0.25, -0.2) is 13.1 Å². The second-order valence-corrected chi connectivity index (χ2v) is 12.1. The van der Waals surface area contributed by atoms with Gasteiger partial charge in [-0.3, -0.25) is 14.4 Å². The molecule has 0 bridgehead atoms. The number of sulfonamides is 1. The van der Waals surface area contributed by atoms with E-state index in [1.165, 1.54) is 4.90 Å². The maximum absolute atomic E-state index is 13.6. The summed E-state index contributed by atoms with van der Waals surface area (Å²) in [5.41, 5.74) is 7.95. The van der Waals surface area contributed by atoms with Crippen LogP contribution in [-0.2, 0) is 43.2 Å². The molecule has 5 N–H and O–H groups in total. The van der Waals surface area contributed by atoms with Crippen LogP contribution in [0.15, 0.2) is 48.5 Å². The Bertz CT molecular complexity index is 1320. The van der Waals surface area contributed by atoms with Crippen molar-refractivity contribution >= 4 is 39.3 Å². The Hall–Kier alpha value is -3.03. The molecular formula is C27H35ClN6O5S. The third-order valence-electron chi connectivity index (χ3n) is 7.11. The average molecular weight is 591 g/mol. The van der Waals surface area contributed by atoms with Gasteiger partial charge in [0.05, 0.1) is 12.2 Å². The van der Waals surface area contributed by atoms with Crippen molar-refractivity contribution in [2.75, 3.05) is 32.7 Å². The number of carbonyl (C=O) groups is 3. The first-order valence-electron chi connectivity index (χ1n) is 13.2. The molecule has 2 aromatic rings. The Kier molecular flexibility index (Phi) is 10.1. The lowest BCUT2D eigenvalue weighted by atomic mass is 9.99. The molecule has 2 atom stereocenters. The Morgan fingerprint density at radius 1 is 1.05 bits per heavy atom. The summed E-state index contributed by atoms with van der Waals surface area (Å²) >= 11 is 6.09. The number of nitrogens with zero attached hydrogens (tertiary/aromatic N) is 2. The Labute approximate surface area is 239 Å². The van der Waals surface area contributed by atoms with E-state index in [-0.39, 0.29) is 43.6 Å². The summed E-state index contributed by atoms with van der Waals surface area (Å²) in [4.78, 5) is 42.6. The highest BCUT2D eigenvalue weighted by molar-refractivity contribution is 7.88. The Morgan fingerprint density at radius 2 is 1.77 bits per heavy atom. The first kappa shape index (κ1) is 29.9. The number of benzene rings is 2. The van der Waals surface area contributed by atoms with E-state index in [0.29, 0.717) is 43.2 Å². The lowest BCUT2D eigenvalue weighted by molar-refractivity contribution is -0.150. The van der Waals surface area contributed by atoms with Crippen LogP contribution in [0, 0.1) is 0 Å². The molecule has 0 radical (unpaired) electrons. The van der Waals surface area contributed by atoms with Crippen molar-refractivity contribution in [1.82, 2.24) is 25.2 Å². The van der Waals surface area contributed by atoms with Gasteiger partial charge in [0.1, 0.15) is 12.1 Å². The molecule has 0 aliphatic carbocycles. The maximum Gasteiger partial charge on any atom is 0.243 e. The molecule has 0 saturated carbocycles. The zero-order chi connectivity index (χ0) is 28.7. The zero-order valence-corrected chi connectivity index (χ0v) is 23.7. The third-order valence-corrected chi connectivity index (χ3v) is 8.71. The summed E-state index contributed by atoms with van der Waals surface area (Å²) < 4.78 is 28.6. The molecule has 3 amide bonds. The molecule has 2 fully saturated rings. The molecule has 40 heavy (non-hydrogen) atoms. The number of amides is 3. The van der Waals surface area contributed by atoms with Gasteiger partial charge in [-0.15, -0.1) is 0 Å². The van der Waals surface area contributed by atoms with Gasteiger partial charge < -0.3 is 26.2 Å². The molecular weight excluding hydrogens is 556 g/mol. The van der Waals surface area contributed by atoms with Crippen molar-refractivity contribution in [3.63, 3.8) is 0 Å². The molecule has 2 aromatic carbocycles. The molecule has 0 unspecified atom stereocenters. The van der Waals surface area contributed by atoms with Crippen LogP contribution < -0.4 is 21.1 Å². The zero-order valence-electron chi connectivity index (χ0n) is 22.1. The largest absolute Gasteiger partial charge is 0.350 e. The summed E-state index contributed by atoms with van der Waals surface area (Å²) in [7, 11) is -3.97. The summed E-state index contributed by atoms with van der Waals surface area (Å²) in [5, 5.41) is 6.51. The Balaban J connectivity index is 1.45. The number of hydrogen-bond donors (Lipinski definition) is 4. The first-order valence-corrected chi connectivity index (χ1v) is 15.3. The molecule has 0 spiro atoms. The van der Waals surface area contributed by atoms with Crippen LogP contribution in [0.3, 0.4) is 0 Å². The number of halogens is 1. The topological polar surface area (TPSA) is 154 Å². The third kappa shape index (κ3) is 7.79. The molecule has 2 aliphatic heterocycles. The van der Waals surface area contributed by atoms with Crippen molar-refractivity contribution in [3.05, 3.63) is 70.2 Å². The number of likely N-dealkylation sites (tertiary alicyclic amines) is 1. The lowest BCUT2D eigenvalue weighted by Crippen LogP contribution is -2.63. The molecule has 2 saturated heterocycles. The van der Waals surface area contributed by atoms with E-state index in [1.807, 2.05) is 0 Å². The molecule has 2 aliphatic rings. The second kappa shape index (κ2) is 13.6. The second-order valence-electron chi connectivity index (χ2n) is 9.92. The minimum Gasteiger partial charge on any atom is -0.350 e. The number of rotatable bonds is 11. The summed E-state index contributed by atoms with van der Waals surface area (Å²) in [6, 6.07) is 11.7. The Morgan fingerprint density at radius 3 is 2.42 bits per heavy atom. The van der Waals surface area contributed by atoms with Gasteiger partial charge in [0.2, 0.25) is 27.7 Å². The highest BCUT2D eigenvalue weighted by Gasteiger charge is 2.42. The highest BCUT2D eigenvalue weighted by Crippen LogP contribution is 2.22. The molecule has 0 aromatic heterocycles. The molecule has 13 heteroatoms. The van der Waals surface area contributed by atoms with Crippen LogP contribution in [0.2, 0.25) is 5.02 Å².